The van der Waals surface area contributed by atoms with Crippen LogP contribution in [0.3, 0.4) is 0 Å². The van der Waals surface area contributed by atoms with E-state index < -0.39 is 0 Å². The first-order valence-corrected chi connectivity index (χ1v) is 11.2. The maximum absolute atomic E-state index is 11.0. The lowest BCUT2D eigenvalue weighted by atomic mass is 10.1. The van der Waals surface area contributed by atoms with Crippen molar-refractivity contribution in [3.8, 4) is 0 Å². The van der Waals surface area contributed by atoms with Gasteiger partial charge in [-0.1, -0.05) is 97.3 Å². The van der Waals surface area contributed by atoms with Crippen LogP contribution in [0.5, 0.6) is 0 Å². The highest BCUT2D eigenvalue weighted by atomic mass is 16.7. The van der Waals surface area contributed by atoms with E-state index in [1.54, 1.807) is 0 Å². The molecule has 0 rings (SSSR count). The maximum Gasteiger partial charge on any atom is 0.189 e. The first kappa shape index (κ1) is 25.2. The Labute approximate surface area is 162 Å². The number of hydrogen-bond acceptors (Lipinski definition) is 3. The molecule has 154 valence electrons. The van der Waals surface area contributed by atoms with Gasteiger partial charge in [0.25, 0.3) is 0 Å². The lowest BCUT2D eigenvalue weighted by Gasteiger charge is -2.07. The van der Waals surface area contributed by atoms with Crippen LogP contribution in [-0.4, -0.2) is 19.7 Å². The third-order valence-electron chi connectivity index (χ3n) is 4.72. The summed E-state index contributed by atoms with van der Waals surface area (Å²) in [6.07, 6.45) is 23.0. The van der Waals surface area contributed by atoms with E-state index in [9.17, 15) is 4.79 Å². The summed E-state index contributed by atoms with van der Waals surface area (Å²) in [5.74, 6) is 0.423. The predicted molar refractivity (Wildman–Crippen MR) is 111 cm³/mol. The SMILES string of the molecule is CCCCCCCCCC=C(C=O)OCOCCCCCCCCCC. The standard InChI is InChI=1S/C23H44O3/c1-3-5-7-9-11-13-15-17-19-23(21-24)26-22-25-20-18-16-14-12-10-8-6-4-2/h19,21H,3-18,20,22H2,1-2H3. The lowest BCUT2D eigenvalue weighted by molar-refractivity contribution is -0.111. The zero-order valence-electron chi connectivity index (χ0n) is 17.6. The second-order valence-corrected chi connectivity index (χ2v) is 7.28. The van der Waals surface area contributed by atoms with Gasteiger partial charge in [0, 0.05) is 0 Å². The molecule has 0 atom stereocenters. The van der Waals surface area contributed by atoms with Gasteiger partial charge in [0.1, 0.15) is 0 Å². The first-order chi connectivity index (χ1) is 12.8. The summed E-state index contributed by atoms with van der Waals surface area (Å²) in [6, 6.07) is 0. The second-order valence-electron chi connectivity index (χ2n) is 7.28. The molecule has 0 aliphatic carbocycles. The molecule has 0 aliphatic heterocycles. The van der Waals surface area contributed by atoms with Gasteiger partial charge in [-0.3, -0.25) is 4.79 Å². The van der Waals surface area contributed by atoms with Crippen molar-refractivity contribution in [2.24, 2.45) is 0 Å². The summed E-state index contributed by atoms with van der Waals surface area (Å²) in [5.41, 5.74) is 0. The molecule has 0 spiro atoms. The van der Waals surface area contributed by atoms with E-state index in [-0.39, 0.29) is 6.79 Å². The minimum atomic E-state index is 0.193. The summed E-state index contributed by atoms with van der Waals surface area (Å²) in [7, 11) is 0. The largest absolute Gasteiger partial charge is 0.464 e. The van der Waals surface area contributed by atoms with Gasteiger partial charge in [-0.15, -0.1) is 0 Å². The number of hydrogen-bond donors (Lipinski definition) is 0. The molecule has 0 aromatic heterocycles. The van der Waals surface area contributed by atoms with Crippen LogP contribution in [-0.2, 0) is 14.3 Å². The molecule has 0 fully saturated rings. The van der Waals surface area contributed by atoms with Crippen LogP contribution in [0.15, 0.2) is 11.8 Å². The fourth-order valence-corrected chi connectivity index (χ4v) is 2.99. The molecule has 3 nitrogen and oxygen atoms in total. The van der Waals surface area contributed by atoms with E-state index in [2.05, 4.69) is 13.8 Å². The van der Waals surface area contributed by atoms with Gasteiger partial charge in [-0.05, 0) is 25.3 Å². The number of ether oxygens (including phenoxy) is 2. The number of allylic oxidation sites excluding steroid dienone is 2. The zero-order valence-corrected chi connectivity index (χ0v) is 17.6. The monoisotopic (exact) mass is 368 g/mol. The van der Waals surface area contributed by atoms with Gasteiger partial charge < -0.3 is 9.47 Å². The minimum absolute atomic E-state index is 0.193. The van der Waals surface area contributed by atoms with Crippen LogP contribution >= 0.6 is 0 Å². The van der Waals surface area contributed by atoms with Crippen LogP contribution in [0.4, 0.5) is 0 Å². The van der Waals surface area contributed by atoms with Crippen molar-refractivity contribution < 1.29 is 14.3 Å². The topological polar surface area (TPSA) is 35.5 Å². The fraction of sp³-hybridized carbons (Fsp3) is 0.870. The quantitative estimate of drug-likeness (QED) is 0.0698. The Morgan fingerprint density at radius 2 is 1.19 bits per heavy atom. The molecule has 0 aromatic rings. The van der Waals surface area contributed by atoms with Crippen LogP contribution in [0, 0.1) is 0 Å². The normalized spacial score (nSPS) is 11.7. The van der Waals surface area contributed by atoms with Gasteiger partial charge in [0.2, 0.25) is 0 Å². The van der Waals surface area contributed by atoms with E-state index in [4.69, 9.17) is 9.47 Å². The maximum atomic E-state index is 11.0. The van der Waals surface area contributed by atoms with Crippen LogP contribution in [0.25, 0.3) is 0 Å². The molecule has 0 aliphatic rings. The Balaban J connectivity index is 3.39. The lowest BCUT2D eigenvalue weighted by Crippen LogP contribution is -2.02. The Morgan fingerprint density at radius 3 is 1.73 bits per heavy atom. The van der Waals surface area contributed by atoms with Gasteiger partial charge in [-0.2, -0.15) is 0 Å². The number of carbonyl (C=O) groups excluding carboxylic acids is 1. The van der Waals surface area contributed by atoms with E-state index >= 15 is 0 Å². The first-order valence-electron chi connectivity index (χ1n) is 11.2. The van der Waals surface area contributed by atoms with Crippen LogP contribution in [0.2, 0.25) is 0 Å². The summed E-state index contributed by atoms with van der Waals surface area (Å²) in [6.45, 7) is 5.41. The van der Waals surface area contributed by atoms with Crippen molar-refractivity contribution in [2.45, 2.75) is 117 Å². The third-order valence-corrected chi connectivity index (χ3v) is 4.72. The van der Waals surface area contributed by atoms with E-state index in [1.807, 2.05) is 6.08 Å². The number of carbonyl (C=O) groups is 1. The van der Waals surface area contributed by atoms with E-state index in [0.29, 0.717) is 5.76 Å². The molecule has 0 heterocycles. The van der Waals surface area contributed by atoms with Crippen molar-refractivity contribution >= 4 is 6.29 Å². The van der Waals surface area contributed by atoms with E-state index in [0.717, 1.165) is 32.2 Å². The van der Waals surface area contributed by atoms with Crippen molar-refractivity contribution in [1.82, 2.24) is 0 Å². The predicted octanol–water partition coefficient (Wildman–Crippen LogP) is 7.34. The number of rotatable bonds is 21. The third kappa shape index (κ3) is 19.5. The summed E-state index contributed by atoms with van der Waals surface area (Å²) in [4.78, 5) is 11.0. The Kier molecular flexibility index (Phi) is 21.5. The molecule has 0 unspecified atom stereocenters. The van der Waals surface area contributed by atoms with Crippen LogP contribution < -0.4 is 0 Å². The van der Waals surface area contributed by atoms with Crippen molar-refractivity contribution in [3.05, 3.63) is 11.8 Å². The number of aldehydes is 1. The van der Waals surface area contributed by atoms with Gasteiger partial charge >= 0.3 is 0 Å². The van der Waals surface area contributed by atoms with Gasteiger partial charge in [-0.25, -0.2) is 0 Å². The molecule has 0 saturated carbocycles. The minimum Gasteiger partial charge on any atom is -0.464 e. The Hall–Kier alpha value is -0.830. The summed E-state index contributed by atoms with van der Waals surface area (Å²) < 4.78 is 10.9. The molecule has 26 heavy (non-hydrogen) atoms. The molecule has 0 saturated heterocycles. The summed E-state index contributed by atoms with van der Waals surface area (Å²) in [5, 5.41) is 0. The average molecular weight is 369 g/mol. The average Bonchev–Trinajstić information content (AvgIpc) is 2.66. The molecular weight excluding hydrogens is 324 g/mol. The molecule has 0 bridgehead atoms. The Morgan fingerprint density at radius 1 is 0.692 bits per heavy atom. The molecule has 0 radical (unpaired) electrons. The number of unbranched alkanes of at least 4 members (excludes halogenated alkanes) is 14. The zero-order chi connectivity index (χ0) is 19.1. The Bertz CT molecular complexity index is 313. The van der Waals surface area contributed by atoms with E-state index in [1.165, 1.54) is 83.5 Å². The fourth-order valence-electron chi connectivity index (χ4n) is 2.99. The molecule has 0 amide bonds. The van der Waals surface area contributed by atoms with Crippen molar-refractivity contribution in [2.75, 3.05) is 13.4 Å². The van der Waals surface area contributed by atoms with Gasteiger partial charge in [0.05, 0.1) is 6.61 Å². The highest BCUT2D eigenvalue weighted by Gasteiger charge is 1.97. The van der Waals surface area contributed by atoms with Crippen molar-refractivity contribution in [1.29, 1.82) is 0 Å². The molecule has 0 N–H and O–H groups in total. The second kappa shape index (κ2) is 22.2. The van der Waals surface area contributed by atoms with Crippen LogP contribution in [0.1, 0.15) is 117 Å². The molecule has 0 aromatic carbocycles. The highest BCUT2D eigenvalue weighted by molar-refractivity contribution is 5.69. The van der Waals surface area contributed by atoms with Crippen molar-refractivity contribution in [3.63, 3.8) is 0 Å². The highest BCUT2D eigenvalue weighted by Crippen LogP contribution is 2.10. The summed E-state index contributed by atoms with van der Waals surface area (Å²) >= 11 is 0. The smallest absolute Gasteiger partial charge is 0.189 e. The molecule has 3 heteroatoms. The molecular formula is C23H44O3. The van der Waals surface area contributed by atoms with Gasteiger partial charge in [0.15, 0.2) is 18.8 Å².